The third-order valence-corrected chi connectivity index (χ3v) is 3.68. The van der Waals surface area contributed by atoms with E-state index in [9.17, 15) is 18.3 Å². The molecule has 1 unspecified atom stereocenters. The third-order valence-electron chi connectivity index (χ3n) is 3.68. The van der Waals surface area contributed by atoms with Crippen molar-refractivity contribution < 1.29 is 23.0 Å². The van der Waals surface area contributed by atoms with Crippen molar-refractivity contribution in [2.75, 3.05) is 19.6 Å². The zero-order valence-corrected chi connectivity index (χ0v) is 18.2. The number of aliphatic hydroxyl groups is 1. The fourth-order valence-electron chi connectivity index (χ4n) is 2.40. The monoisotopic (exact) mass is 527 g/mol. The van der Waals surface area contributed by atoms with Crippen LogP contribution in [0.15, 0.2) is 47.7 Å². The van der Waals surface area contributed by atoms with Gasteiger partial charge >= 0.3 is 6.36 Å². The van der Waals surface area contributed by atoms with Crippen molar-refractivity contribution in [3.8, 4) is 5.75 Å². The first-order chi connectivity index (χ1) is 13.4. The number of nitrogens with one attached hydrogen (secondary N) is 2. The van der Waals surface area contributed by atoms with Crippen LogP contribution in [-0.2, 0) is 6.54 Å². The van der Waals surface area contributed by atoms with Crippen LogP contribution in [0.2, 0.25) is 0 Å². The Kier molecular flexibility index (Phi) is 10.8. The van der Waals surface area contributed by atoms with Gasteiger partial charge in [0.2, 0.25) is 0 Å². The molecule has 0 fully saturated rings. The maximum absolute atomic E-state index is 12.2. The Bertz CT molecular complexity index is 724. The smallest absolute Gasteiger partial charge is 0.406 e. The number of rotatable bonds is 9. The van der Waals surface area contributed by atoms with Crippen molar-refractivity contribution in [2.24, 2.45) is 4.99 Å². The van der Waals surface area contributed by atoms with Crippen LogP contribution in [0.4, 0.5) is 13.2 Å². The molecule has 2 aromatic rings. The van der Waals surface area contributed by atoms with Gasteiger partial charge in [-0.1, -0.05) is 12.1 Å². The number of aromatic nitrogens is 2. The molecule has 2 rings (SSSR count). The zero-order chi connectivity index (χ0) is 20.4. The average molecular weight is 527 g/mol. The minimum atomic E-state index is -4.74. The number of aliphatic hydroxyl groups excluding tert-OH is 1. The van der Waals surface area contributed by atoms with Gasteiger partial charge in [-0.05, 0) is 37.1 Å². The molecule has 0 saturated carbocycles. The zero-order valence-electron chi connectivity index (χ0n) is 15.9. The van der Waals surface area contributed by atoms with E-state index in [1.165, 1.54) is 12.1 Å². The maximum Gasteiger partial charge on any atom is 0.573 e. The molecule has 0 saturated heterocycles. The summed E-state index contributed by atoms with van der Waals surface area (Å²) in [5.41, 5.74) is 0.452. The van der Waals surface area contributed by atoms with Gasteiger partial charge in [0.05, 0.1) is 12.6 Å². The van der Waals surface area contributed by atoms with Crippen LogP contribution in [0.3, 0.4) is 0 Å². The Morgan fingerprint density at radius 2 is 2.00 bits per heavy atom. The van der Waals surface area contributed by atoms with E-state index in [-0.39, 0.29) is 36.3 Å². The van der Waals surface area contributed by atoms with Gasteiger partial charge in [-0.3, -0.25) is 9.67 Å². The molecule has 0 aliphatic carbocycles. The van der Waals surface area contributed by atoms with Crippen molar-refractivity contribution in [2.45, 2.75) is 32.4 Å². The highest BCUT2D eigenvalue weighted by atomic mass is 127. The van der Waals surface area contributed by atoms with Gasteiger partial charge in [0.15, 0.2) is 5.96 Å². The van der Waals surface area contributed by atoms with Crippen molar-refractivity contribution >= 4 is 29.9 Å². The molecule has 1 aromatic carbocycles. The number of hydrogen-bond acceptors (Lipinski definition) is 4. The Morgan fingerprint density at radius 3 is 2.59 bits per heavy atom. The minimum Gasteiger partial charge on any atom is -0.406 e. The topological polar surface area (TPSA) is 83.7 Å². The second-order valence-corrected chi connectivity index (χ2v) is 5.90. The second kappa shape index (κ2) is 12.5. The lowest BCUT2D eigenvalue weighted by Crippen LogP contribution is -2.38. The molecule has 3 N–H and O–H groups in total. The van der Waals surface area contributed by atoms with E-state index in [1.54, 1.807) is 6.20 Å². The highest BCUT2D eigenvalue weighted by Crippen LogP contribution is 2.24. The molecular formula is C18H25F3IN5O2. The Labute approximate surface area is 184 Å². The van der Waals surface area contributed by atoms with Crippen LogP contribution >= 0.6 is 24.0 Å². The van der Waals surface area contributed by atoms with E-state index in [2.05, 4.69) is 25.5 Å². The molecule has 0 spiro atoms. The van der Waals surface area contributed by atoms with Gasteiger partial charge in [-0.2, -0.15) is 5.10 Å². The number of alkyl halides is 3. The van der Waals surface area contributed by atoms with E-state index in [0.717, 1.165) is 25.1 Å². The molecule has 11 heteroatoms. The van der Waals surface area contributed by atoms with Gasteiger partial charge in [0.1, 0.15) is 5.75 Å². The van der Waals surface area contributed by atoms with Gasteiger partial charge in [0, 0.05) is 32.0 Å². The lowest BCUT2D eigenvalue weighted by atomic mass is 10.1. The lowest BCUT2D eigenvalue weighted by Gasteiger charge is -2.14. The fourth-order valence-corrected chi connectivity index (χ4v) is 2.40. The number of aliphatic imine (C=N–C) groups is 1. The normalized spacial score (nSPS) is 12.8. The van der Waals surface area contributed by atoms with Crippen LogP contribution in [0, 0.1) is 0 Å². The molecule has 1 aromatic heterocycles. The van der Waals surface area contributed by atoms with E-state index in [4.69, 9.17) is 0 Å². The maximum atomic E-state index is 12.2. The second-order valence-electron chi connectivity index (χ2n) is 5.90. The minimum absolute atomic E-state index is 0. The first-order valence-electron chi connectivity index (χ1n) is 8.91. The predicted molar refractivity (Wildman–Crippen MR) is 114 cm³/mol. The number of ether oxygens (including phenoxy) is 1. The number of aryl methyl sites for hydroxylation is 1. The molecule has 162 valence electrons. The lowest BCUT2D eigenvalue weighted by molar-refractivity contribution is -0.274. The molecule has 0 bridgehead atoms. The summed E-state index contributed by atoms with van der Waals surface area (Å²) in [6.07, 6.45) is -1.23. The van der Waals surface area contributed by atoms with Crippen LogP contribution in [0.1, 0.15) is 25.0 Å². The first kappa shape index (κ1) is 25.0. The number of halogens is 4. The summed E-state index contributed by atoms with van der Waals surface area (Å²) in [5, 5.41) is 20.6. The molecule has 0 aliphatic heterocycles. The van der Waals surface area contributed by atoms with Crippen LogP contribution in [0.5, 0.6) is 5.75 Å². The summed E-state index contributed by atoms with van der Waals surface area (Å²) >= 11 is 0. The summed E-state index contributed by atoms with van der Waals surface area (Å²) in [5.74, 6) is 0.221. The van der Waals surface area contributed by atoms with E-state index < -0.39 is 12.5 Å². The third kappa shape index (κ3) is 9.83. The summed E-state index contributed by atoms with van der Waals surface area (Å²) in [4.78, 5) is 4.32. The highest BCUT2D eigenvalue weighted by molar-refractivity contribution is 14.0. The molecule has 1 atom stereocenters. The molecule has 29 heavy (non-hydrogen) atoms. The standard InChI is InChI=1S/C18H24F3N5O2.HI/c1-2-22-17(23-9-3-11-26-12-4-10-25-26)24-13-16(27)14-5-7-15(8-6-14)28-18(19,20)21;/h4-8,10,12,16,27H,2-3,9,11,13H2,1H3,(H2,22,23,24);1H. The summed E-state index contributed by atoms with van der Waals surface area (Å²) in [6, 6.07) is 6.95. The molecular weight excluding hydrogens is 502 g/mol. The van der Waals surface area contributed by atoms with Crippen LogP contribution in [-0.4, -0.2) is 46.8 Å². The summed E-state index contributed by atoms with van der Waals surface area (Å²) in [7, 11) is 0. The average Bonchev–Trinajstić information content (AvgIpc) is 3.15. The molecule has 0 aliphatic rings. The van der Waals surface area contributed by atoms with Crippen molar-refractivity contribution in [3.63, 3.8) is 0 Å². The molecule has 0 amide bonds. The Morgan fingerprint density at radius 1 is 1.28 bits per heavy atom. The van der Waals surface area contributed by atoms with E-state index >= 15 is 0 Å². The molecule has 1 heterocycles. The number of nitrogens with zero attached hydrogens (tertiary/aromatic N) is 3. The summed E-state index contributed by atoms with van der Waals surface area (Å²) < 4.78 is 42.2. The SMILES string of the molecule is CCNC(=NCC(O)c1ccc(OC(F)(F)F)cc1)NCCCn1cccn1.I. The number of hydrogen-bond donors (Lipinski definition) is 3. The Hall–Kier alpha value is -2.02. The van der Waals surface area contributed by atoms with E-state index in [0.29, 0.717) is 24.6 Å². The van der Waals surface area contributed by atoms with Gasteiger partial charge in [-0.15, -0.1) is 37.1 Å². The Balaban J connectivity index is 0.00000420. The predicted octanol–water partition coefficient (Wildman–Crippen LogP) is 3.08. The van der Waals surface area contributed by atoms with Gasteiger partial charge < -0.3 is 20.5 Å². The summed E-state index contributed by atoms with van der Waals surface area (Å²) in [6.45, 7) is 4.09. The van der Waals surface area contributed by atoms with Crippen molar-refractivity contribution in [1.82, 2.24) is 20.4 Å². The van der Waals surface area contributed by atoms with Crippen LogP contribution < -0.4 is 15.4 Å². The van der Waals surface area contributed by atoms with E-state index in [1.807, 2.05) is 23.9 Å². The molecule has 0 radical (unpaired) electrons. The fraction of sp³-hybridized carbons (Fsp3) is 0.444. The van der Waals surface area contributed by atoms with Crippen molar-refractivity contribution in [3.05, 3.63) is 48.3 Å². The highest BCUT2D eigenvalue weighted by Gasteiger charge is 2.31. The van der Waals surface area contributed by atoms with Crippen molar-refractivity contribution in [1.29, 1.82) is 0 Å². The first-order valence-corrected chi connectivity index (χ1v) is 8.91. The quantitative estimate of drug-likeness (QED) is 0.202. The number of benzene rings is 1. The largest absolute Gasteiger partial charge is 0.573 e. The van der Waals surface area contributed by atoms with Crippen LogP contribution in [0.25, 0.3) is 0 Å². The van der Waals surface area contributed by atoms with Gasteiger partial charge in [0.25, 0.3) is 0 Å². The molecule has 7 nitrogen and oxygen atoms in total. The van der Waals surface area contributed by atoms with Gasteiger partial charge in [-0.25, -0.2) is 0 Å². The number of guanidine groups is 1.